The van der Waals surface area contributed by atoms with Crippen molar-refractivity contribution >= 4 is 34.4 Å². The summed E-state index contributed by atoms with van der Waals surface area (Å²) in [5.41, 5.74) is 3.26. The van der Waals surface area contributed by atoms with E-state index in [1.807, 2.05) is 37.3 Å². The number of carboxylic acid groups (broad SMARTS) is 1. The number of fused-ring (bicyclic) bond motifs is 2. The van der Waals surface area contributed by atoms with Crippen molar-refractivity contribution in [1.82, 2.24) is 10.3 Å². The number of hydrogen-bond acceptors (Lipinski definition) is 5. The highest BCUT2D eigenvalue weighted by molar-refractivity contribution is 5.91. The van der Waals surface area contributed by atoms with E-state index in [9.17, 15) is 19.5 Å². The highest BCUT2D eigenvalue weighted by Crippen LogP contribution is 2.32. The molecule has 8 heteroatoms. The van der Waals surface area contributed by atoms with Gasteiger partial charge in [0.1, 0.15) is 12.6 Å². The molecule has 1 aliphatic heterocycles. The summed E-state index contributed by atoms with van der Waals surface area (Å²) in [4.78, 5) is 41.0. The number of aromatic nitrogens is 1. The molecule has 0 radical (unpaired) electrons. The maximum absolute atomic E-state index is 12.6. The summed E-state index contributed by atoms with van der Waals surface area (Å²) in [6.07, 6.45) is 1.90. The molecule has 154 valence electrons. The lowest BCUT2D eigenvalue weighted by Crippen LogP contribution is -2.48. The van der Waals surface area contributed by atoms with Gasteiger partial charge in [-0.3, -0.25) is 4.79 Å². The van der Waals surface area contributed by atoms with E-state index in [4.69, 9.17) is 4.74 Å². The van der Waals surface area contributed by atoms with Crippen LogP contribution in [0.5, 0.6) is 5.75 Å². The number of nitrogens with one attached hydrogen (secondary N) is 2. The molecule has 2 aromatic carbocycles. The third kappa shape index (κ3) is 3.98. The molecule has 1 atom stereocenters. The van der Waals surface area contributed by atoms with Crippen molar-refractivity contribution in [2.45, 2.75) is 19.4 Å². The molecule has 0 saturated carbocycles. The number of anilines is 1. The predicted molar refractivity (Wildman–Crippen MR) is 111 cm³/mol. The molecule has 0 saturated heterocycles. The van der Waals surface area contributed by atoms with Crippen molar-refractivity contribution in [1.29, 1.82) is 0 Å². The molecule has 3 aromatic rings. The fourth-order valence-corrected chi connectivity index (χ4v) is 3.64. The predicted octanol–water partition coefficient (Wildman–Crippen LogP) is 2.01. The zero-order valence-electron chi connectivity index (χ0n) is 16.3. The molecule has 0 spiro atoms. The number of benzene rings is 2. The Morgan fingerprint density at radius 2 is 2.07 bits per heavy atom. The smallest absolute Gasteiger partial charge is 0.331 e. The Kier molecular flexibility index (Phi) is 5.14. The lowest BCUT2D eigenvalue weighted by Gasteiger charge is -2.29. The number of esters is 1. The highest BCUT2D eigenvalue weighted by Gasteiger charge is 2.28. The minimum atomic E-state index is -1.12. The average Bonchev–Trinajstić information content (AvgIpc) is 3.10. The monoisotopic (exact) mass is 407 g/mol. The first-order valence-corrected chi connectivity index (χ1v) is 9.54. The Bertz CT molecular complexity index is 1140. The van der Waals surface area contributed by atoms with Gasteiger partial charge in [-0.05, 0) is 36.2 Å². The van der Waals surface area contributed by atoms with E-state index >= 15 is 0 Å². The molecule has 0 aliphatic carbocycles. The van der Waals surface area contributed by atoms with Crippen LogP contribution in [-0.2, 0) is 20.8 Å². The first-order valence-electron chi connectivity index (χ1n) is 9.54. The lowest BCUT2D eigenvalue weighted by atomic mass is 10.0. The number of carboxylic acids is 1. The van der Waals surface area contributed by atoms with Gasteiger partial charge in [0.05, 0.1) is 12.2 Å². The van der Waals surface area contributed by atoms with Gasteiger partial charge in [-0.1, -0.05) is 24.3 Å². The molecule has 4 rings (SSSR count). The van der Waals surface area contributed by atoms with Crippen LogP contribution in [-0.4, -0.2) is 47.1 Å². The second-order valence-corrected chi connectivity index (χ2v) is 7.32. The molecule has 3 N–H and O–H groups in total. The summed E-state index contributed by atoms with van der Waals surface area (Å²) in [6.45, 7) is 1.65. The van der Waals surface area contributed by atoms with Crippen LogP contribution in [0.3, 0.4) is 0 Å². The summed E-state index contributed by atoms with van der Waals surface area (Å²) in [5, 5.41) is 13.1. The van der Waals surface area contributed by atoms with Crippen LogP contribution in [0.2, 0.25) is 0 Å². The van der Waals surface area contributed by atoms with Gasteiger partial charge in [0.2, 0.25) is 5.91 Å². The Balaban J connectivity index is 1.48. The minimum absolute atomic E-state index is 0.0797. The summed E-state index contributed by atoms with van der Waals surface area (Å²) in [7, 11) is 0. The van der Waals surface area contributed by atoms with Crippen LogP contribution < -0.4 is 15.0 Å². The number of aromatic amines is 1. The van der Waals surface area contributed by atoms with E-state index in [1.165, 1.54) is 0 Å². The highest BCUT2D eigenvalue weighted by atomic mass is 16.5. The number of carbonyl (C=O) groups is 3. The van der Waals surface area contributed by atoms with Gasteiger partial charge >= 0.3 is 11.9 Å². The number of ether oxygens (including phenoxy) is 1. The van der Waals surface area contributed by atoms with Crippen molar-refractivity contribution in [2.24, 2.45) is 0 Å². The zero-order chi connectivity index (χ0) is 21.3. The Morgan fingerprint density at radius 1 is 1.27 bits per heavy atom. The van der Waals surface area contributed by atoms with Gasteiger partial charge in [0.25, 0.3) is 0 Å². The summed E-state index contributed by atoms with van der Waals surface area (Å²) in [5.74, 6) is -1.67. The first-order chi connectivity index (χ1) is 14.4. The number of carbonyl (C=O) groups excluding carboxylic acids is 2. The molecule has 30 heavy (non-hydrogen) atoms. The number of nitrogens with zero attached hydrogens (tertiary/aromatic N) is 1. The molecule has 1 amide bonds. The van der Waals surface area contributed by atoms with Crippen LogP contribution in [0.25, 0.3) is 10.9 Å². The van der Waals surface area contributed by atoms with Gasteiger partial charge in [0.15, 0.2) is 5.75 Å². The second-order valence-electron chi connectivity index (χ2n) is 7.32. The van der Waals surface area contributed by atoms with Crippen molar-refractivity contribution in [3.8, 4) is 5.75 Å². The first kappa shape index (κ1) is 19.5. The van der Waals surface area contributed by atoms with Gasteiger partial charge in [-0.25, -0.2) is 9.59 Å². The number of H-pyrrole nitrogens is 1. The SMILES string of the molecule is Cc1ccc2c(c1)OC(=O)CN2CC(=O)NC(Cc1c[nH]c2ccccc12)C(=O)O. The number of aryl methyl sites for hydroxylation is 1. The van der Waals surface area contributed by atoms with E-state index in [0.29, 0.717) is 11.4 Å². The normalized spacial score (nSPS) is 14.2. The quantitative estimate of drug-likeness (QED) is 0.426. The summed E-state index contributed by atoms with van der Waals surface area (Å²) >= 11 is 0. The van der Waals surface area contributed by atoms with Crippen LogP contribution >= 0.6 is 0 Å². The van der Waals surface area contributed by atoms with Gasteiger partial charge in [0, 0.05) is 23.5 Å². The fraction of sp³-hybridized carbons (Fsp3) is 0.227. The second kappa shape index (κ2) is 7.90. The van der Waals surface area contributed by atoms with E-state index in [1.54, 1.807) is 23.2 Å². The minimum Gasteiger partial charge on any atom is -0.480 e. The molecular formula is C22H21N3O5. The zero-order valence-corrected chi connectivity index (χ0v) is 16.3. The molecule has 1 unspecified atom stereocenters. The third-order valence-electron chi connectivity index (χ3n) is 5.07. The van der Waals surface area contributed by atoms with Crippen molar-refractivity contribution in [3.05, 3.63) is 59.8 Å². The number of hydrogen-bond donors (Lipinski definition) is 3. The average molecular weight is 407 g/mol. The van der Waals surface area contributed by atoms with E-state index < -0.39 is 23.9 Å². The largest absolute Gasteiger partial charge is 0.480 e. The molecule has 8 nitrogen and oxygen atoms in total. The molecular weight excluding hydrogens is 386 g/mol. The lowest BCUT2D eigenvalue weighted by molar-refractivity contribution is -0.141. The summed E-state index contributed by atoms with van der Waals surface area (Å²) in [6, 6.07) is 11.9. The van der Waals surface area contributed by atoms with Crippen molar-refractivity contribution in [2.75, 3.05) is 18.0 Å². The molecule has 2 heterocycles. The van der Waals surface area contributed by atoms with Crippen LogP contribution in [0.1, 0.15) is 11.1 Å². The van der Waals surface area contributed by atoms with E-state index in [2.05, 4.69) is 10.3 Å². The van der Waals surface area contributed by atoms with Crippen LogP contribution in [0, 0.1) is 6.92 Å². The fourth-order valence-electron chi connectivity index (χ4n) is 3.64. The standard InChI is InChI=1S/C22H21N3O5/c1-13-6-7-18-19(8-13)30-21(27)12-25(18)11-20(26)24-17(22(28)29)9-14-10-23-16-5-3-2-4-15(14)16/h2-8,10,17,23H,9,11-12H2,1H3,(H,24,26)(H,28,29). The molecule has 1 aliphatic rings. The van der Waals surface area contributed by atoms with E-state index in [-0.39, 0.29) is 19.5 Å². The molecule has 0 bridgehead atoms. The van der Waals surface area contributed by atoms with Crippen molar-refractivity contribution < 1.29 is 24.2 Å². The maximum atomic E-state index is 12.6. The Hall–Kier alpha value is -3.81. The van der Waals surface area contributed by atoms with Crippen LogP contribution in [0.4, 0.5) is 5.69 Å². The van der Waals surface area contributed by atoms with Crippen molar-refractivity contribution in [3.63, 3.8) is 0 Å². The molecule has 0 fully saturated rings. The van der Waals surface area contributed by atoms with Gasteiger partial charge < -0.3 is 25.0 Å². The Morgan fingerprint density at radius 3 is 2.87 bits per heavy atom. The van der Waals surface area contributed by atoms with Gasteiger partial charge in [-0.15, -0.1) is 0 Å². The van der Waals surface area contributed by atoms with Crippen LogP contribution in [0.15, 0.2) is 48.7 Å². The van der Waals surface area contributed by atoms with Gasteiger partial charge in [-0.2, -0.15) is 0 Å². The summed E-state index contributed by atoms with van der Waals surface area (Å²) < 4.78 is 5.24. The number of aliphatic carboxylic acids is 1. The number of amides is 1. The maximum Gasteiger partial charge on any atom is 0.331 e. The number of rotatable bonds is 6. The third-order valence-corrected chi connectivity index (χ3v) is 5.07. The molecule has 1 aromatic heterocycles. The Labute approximate surface area is 172 Å². The topological polar surface area (TPSA) is 112 Å². The number of para-hydroxylation sites is 1. The van der Waals surface area contributed by atoms with E-state index in [0.717, 1.165) is 22.0 Å².